The molecule has 0 spiro atoms. The van der Waals surface area contributed by atoms with Gasteiger partial charge in [0, 0.05) is 30.5 Å². The van der Waals surface area contributed by atoms with Crippen molar-refractivity contribution in [3.8, 4) is 0 Å². The average Bonchev–Trinajstić information content (AvgIpc) is 3.33. The minimum atomic E-state index is -0.332. The van der Waals surface area contributed by atoms with Crippen LogP contribution < -0.4 is 0 Å². The minimum absolute atomic E-state index is 0.0257. The smallest absolute Gasteiger partial charge is 0.242 e. The van der Waals surface area contributed by atoms with Crippen molar-refractivity contribution >= 4 is 11.8 Å². The lowest BCUT2D eigenvalue weighted by molar-refractivity contribution is -0.143. The van der Waals surface area contributed by atoms with Crippen LogP contribution in [0.5, 0.6) is 0 Å². The number of carbonyl (C=O) groups is 2. The van der Waals surface area contributed by atoms with Crippen LogP contribution in [0, 0.1) is 12.7 Å². The monoisotopic (exact) mass is 505 g/mol. The zero-order chi connectivity index (χ0) is 26.9. The van der Waals surface area contributed by atoms with E-state index < -0.39 is 0 Å². The molecule has 2 amide bonds. The predicted octanol–water partition coefficient (Wildman–Crippen LogP) is 5.98. The average molecular weight is 506 g/mol. The first kappa shape index (κ1) is 28.2. The van der Waals surface area contributed by atoms with Crippen molar-refractivity contribution in [3.63, 3.8) is 0 Å². The third-order valence-electron chi connectivity index (χ3n) is 7.32. The van der Waals surface area contributed by atoms with Crippen LogP contribution in [0.2, 0.25) is 0 Å². The molecule has 2 unspecified atom stereocenters. The van der Waals surface area contributed by atoms with Gasteiger partial charge >= 0.3 is 0 Å². The highest BCUT2D eigenvalue weighted by Gasteiger charge is 2.27. The Labute approximate surface area is 220 Å². The van der Waals surface area contributed by atoms with Gasteiger partial charge in [-0.1, -0.05) is 50.2 Å². The van der Waals surface area contributed by atoms with Gasteiger partial charge in [-0.25, -0.2) is 4.39 Å². The second kappa shape index (κ2) is 13.2. The Morgan fingerprint density at radius 3 is 2.16 bits per heavy atom. The SMILES string of the molecule is CCC(C)N(CC(=O)N(Cc1cccn1Cc1ccccc1C)C(C)CC)C(=O)Cc1ccc(F)cc1. The Balaban J connectivity index is 1.78. The van der Waals surface area contributed by atoms with E-state index in [2.05, 4.69) is 49.7 Å². The molecule has 0 N–H and O–H groups in total. The molecule has 6 heteroatoms. The zero-order valence-electron chi connectivity index (χ0n) is 22.8. The van der Waals surface area contributed by atoms with Gasteiger partial charge in [0.2, 0.25) is 11.8 Å². The molecule has 0 saturated heterocycles. The predicted molar refractivity (Wildman–Crippen MR) is 147 cm³/mol. The first-order valence-corrected chi connectivity index (χ1v) is 13.2. The maximum absolute atomic E-state index is 13.7. The highest BCUT2D eigenvalue weighted by Crippen LogP contribution is 2.17. The second-order valence-corrected chi connectivity index (χ2v) is 9.91. The molecule has 0 radical (unpaired) electrons. The second-order valence-electron chi connectivity index (χ2n) is 9.91. The largest absolute Gasteiger partial charge is 0.345 e. The van der Waals surface area contributed by atoms with E-state index in [4.69, 9.17) is 0 Å². The Morgan fingerprint density at radius 1 is 0.865 bits per heavy atom. The summed E-state index contributed by atoms with van der Waals surface area (Å²) in [7, 11) is 0. The number of hydrogen-bond acceptors (Lipinski definition) is 2. The van der Waals surface area contributed by atoms with Crippen molar-refractivity contribution in [2.24, 2.45) is 0 Å². The standard InChI is InChI=1S/C31H40FN3O2/c1-6-24(4)34(21-29-13-10-18-33(29)20-27-12-9-8-11-23(27)3)31(37)22-35(25(5)7-2)30(36)19-26-14-16-28(32)17-15-26/h8-18,24-25H,6-7,19-22H2,1-5H3. The maximum Gasteiger partial charge on any atom is 0.242 e. The maximum atomic E-state index is 13.7. The number of aryl methyl sites for hydroxylation is 1. The molecule has 5 nitrogen and oxygen atoms in total. The molecule has 0 aliphatic rings. The number of halogens is 1. The van der Waals surface area contributed by atoms with E-state index in [1.54, 1.807) is 17.0 Å². The number of rotatable bonds is 12. The van der Waals surface area contributed by atoms with E-state index in [9.17, 15) is 14.0 Å². The topological polar surface area (TPSA) is 45.6 Å². The number of benzene rings is 2. The fraction of sp³-hybridized carbons (Fsp3) is 0.419. The molecule has 0 aliphatic heterocycles. The molecule has 2 aromatic carbocycles. The highest BCUT2D eigenvalue weighted by atomic mass is 19.1. The number of nitrogens with zero attached hydrogens (tertiary/aromatic N) is 3. The lowest BCUT2D eigenvalue weighted by Crippen LogP contribution is -2.49. The van der Waals surface area contributed by atoms with E-state index in [0.717, 1.165) is 30.6 Å². The van der Waals surface area contributed by atoms with Gasteiger partial charge in [0.25, 0.3) is 0 Å². The highest BCUT2D eigenvalue weighted by molar-refractivity contribution is 5.86. The van der Waals surface area contributed by atoms with Gasteiger partial charge in [0.1, 0.15) is 12.4 Å². The Bertz CT molecular complexity index is 1170. The van der Waals surface area contributed by atoms with E-state index in [1.807, 2.05) is 36.9 Å². The zero-order valence-corrected chi connectivity index (χ0v) is 22.8. The molecular formula is C31H40FN3O2. The van der Waals surface area contributed by atoms with Crippen molar-refractivity contribution in [1.82, 2.24) is 14.4 Å². The van der Waals surface area contributed by atoms with Crippen molar-refractivity contribution in [1.29, 1.82) is 0 Å². The minimum Gasteiger partial charge on any atom is -0.345 e. The molecule has 2 atom stereocenters. The van der Waals surface area contributed by atoms with Crippen LogP contribution in [0.4, 0.5) is 4.39 Å². The van der Waals surface area contributed by atoms with E-state index in [0.29, 0.717) is 6.54 Å². The van der Waals surface area contributed by atoms with E-state index in [1.165, 1.54) is 23.3 Å². The van der Waals surface area contributed by atoms with Crippen LogP contribution >= 0.6 is 0 Å². The van der Waals surface area contributed by atoms with Crippen LogP contribution in [0.15, 0.2) is 66.9 Å². The molecule has 3 rings (SSSR count). The number of carbonyl (C=O) groups excluding carboxylic acids is 2. The Kier molecular flexibility index (Phi) is 10.1. The van der Waals surface area contributed by atoms with Gasteiger partial charge in [-0.3, -0.25) is 9.59 Å². The lowest BCUT2D eigenvalue weighted by atomic mass is 10.1. The summed E-state index contributed by atoms with van der Waals surface area (Å²) in [6.07, 6.45) is 3.75. The molecule has 0 saturated carbocycles. The van der Waals surface area contributed by atoms with Crippen molar-refractivity contribution in [2.45, 2.75) is 79.1 Å². The number of aromatic nitrogens is 1. The first-order chi connectivity index (χ1) is 17.7. The number of amides is 2. The van der Waals surface area contributed by atoms with Gasteiger partial charge in [0.05, 0.1) is 13.0 Å². The Hall–Kier alpha value is -3.41. The summed E-state index contributed by atoms with van der Waals surface area (Å²) >= 11 is 0. The van der Waals surface area contributed by atoms with Crippen LogP contribution in [-0.4, -0.2) is 44.8 Å². The summed E-state index contributed by atoms with van der Waals surface area (Å²) < 4.78 is 15.5. The molecule has 0 bridgehead atoms. The van der Waals surface area contributed by atoms with Gasteiger partial charge < -0.3 is 14.4 Å². The van der Waals surface area contributed by atoms with Crippen LogP contribution in [-0.2, 0) is 29.1 Å². The van der Waals surface area contributed by atoms with Gasteiger partial charge in [-0.05, 0) is 74.6 Å². The molecule has 0 aliphatic carbocycles. The normalized spacial score (nSPS) is 12.7. The first-order valence-electron chi connectivity index (χ1n) is 13.2. The number of hydrogen-bond donors (Lipinski definition) is 0. The van der Waals surface area contributed by atoms with Crippen molar-refractivity contribution < 1.29 is 14.0 Å². The van der Waals surface area contributed by atoms with Gasteiger partial charge in [-0.15, -0.1) is 0 Å². The third kappa shape index (κ3) is 7.54. The van der Waals surface area contributed by atoms with Crippen molar-refractivity contribution in [3.05, 3.63) is 95.1 Å². The summed E-state index contributed by atoms with van der Waals surface area (Å²) in [6.45, 7) is 11.5. The molecule has 0 fully saturated rings. The third-order valence-corrected chi connectivity index (χ3v) is 7.32. The quantitative estimate of drug-likeness (QED) is 0.304. The molecule has 37 heavy (non-hydrogen) atoms. The fourth-order valence-corrected chi connectivity index (χ4v) is 4.43. The summed E-state index contributed by atoms with van der Waals surface area (Å²) in [4.78, 5) is 30.5. The summed E-state index contributed by atoms with van der Waals surface area (Å²) in [5.74, 6) is -0.520. The molecule has 3 aromatic rings. The molecular weight excluding hydrogens is 465 g/mol. The van der Waals surface area contributed by atoms with Crippen molar-refractivity contribution in [2.75, 3.05) is 6.54 Å². The molecule has 198 valence electrons. The molecule has 1 heterocycles. The summed E-state index contributed by atoms with van der Waals surface area (Å²) in [5, 5.41) is 0. The van der Waals surface area contributed by atoms with Gasteiger partial charge in [-0.2, -0.15) is 0 Å². The van der Waals surface area contributed by atoms with Crippen LogP contribution in [0.1, 0.15) is 62.9 Å². The molecule has 1 aromatic heterocycles. The van der Waals surface area contributed by atoms with Gasteiger partial charge in [0.15, 0.2) is 0 Å². The van der Waals surface area contributed by atoms with Crippen LogP contribution in [0.25, 0.3) is 0 Å². The van der Waals surface area contributed by atoms with E-state index in [-0.39, 0.29) is 42.7 Å². The fourth-order valence-electron chi connectivity index (χ4n) is 4.43. The summed E-state index contributed by atoms with van der Waals surface area (Å²) in [5.41, 5.74) is 4.28. The Morgan fingerprint density at radius 2 is 1.51 bits per heavy atom. The lowest BCUT2D eigenvalue weighted by Gasteiger charge is -2.34. The van der Waals surface area contributed by atoms with E-state index >= 15 is 0 Å². The summed E-state index contributed by atoms with van der Waals surface area (Å²) in [6, 6.07) is 18.3. The van der Waals surface area contributed by atoms with Crippen LogP contribution in [0.3, 0.4) is 0 Å².